The van der Waals surface area contributed by atoms with Gasteiger partial charge in [-0.3, -0.25) is 0 Å². The van der Waals surface area contributed by atoms with Crippen LogP contribution in [0.1, 0.15) is 11.1 Å². The first-order valence-electron chi connectivity index (χ1n) is 16.1. The second kappa shape index (κ2) is 10.2. The topological polar surface area (TPSA) is 70.6 Å². The molecule has 0 saturated carbocycles. The molecule has 0 aliphatic heterocycles. The van der Waals surface area contributed by atoms with Crippen molar-refractivity contribution in [3.05, 3.63) is 157 Å². The van der Waals surface area contributed by atoms with Crippen LogP contribution >= 0.6 is 0 Å². The largest absolute Gasteiger partial charge is 0.454 e. The van der Waals surface area contributed by atoms with Gasteiger partial charge in [0, 0.05) is 32.3 Å². The summed E-state index contributed by atoms with van der Waals surface area (Å²) in [4.78, 5) is 0. The molecular weight excluding hydrogens is 601 g/mol. The highest BCUT2D eigenvalue weighted by Crippen LogP contribution is 2.42. The predicted molar refractivity (Wildman–Crippen MR) is 197 cm³/mol. The molecule has 0 N–H and O–H groups in total. The van der Waals surface area contributed by atoms with Crippen LogP contribution in [0.2, 0.25) is 0 Å². The third-order valence-corrected chi connectivity index (χ3v) is 9.81. The fraction of sp³-hybridized carbons (Fsp3) is 0. The van der Waals surface area contributed by atoms with E-state index in [4.69, 9.17) is 4.42 Å². The first-order valence-corrected chi connectivity index (χ1v) is 16.1. The Morgan fingerprint density at radius 1 is 0.429 bits per heavy atom. The van der Waals surface area contributed by atoms with Gasteiger partial charge in [-0.15, -0.1) is 0 Å². The zero-order chi connectivity index (χ0) is 32.6. The lowest BCUT2D eigenvalue weighted by Crippen LogP contribution is -2.00. The zero-order valence-corrected chi connectivity index (χ0v) is 26.1. The lowest BCUT2D eigenvalue weighted by atomic mass is 9.99. The number of nitriles is 2. The fourth-order valence-corrected chi connectivity index (χ4v) is 7.64. The standard InChI is InChI=1S/C44H24N4O/c45-25-29-19-17-27(23-40(29)47-37-13-5-1-9-31(37)32-10-2-6-14-38(32)47)28-18-20-30(26-46)41(24-28)48-39-15-7-3-11-33(39)35-21-22-36-34-12-4-8-16-42(34)49-44(36)43(35)48/h1-24H. The minimum atomic E-state index is 0.552. The van der Waals surface area contributed by atoms with Crippen LogP contribution in [0, 0.1) is 22.7 Å². The smallest absolute Gasteiger partial charge is 0.160 e. The molecule has 226 valence electrons. The van der Waals surface area contributed by atoms with E-state index >= 15 is 0 Å². The number of hydrogen-bond acceptors (Lipinski definition) is 3. The molecule has 5 nitrogen and oxygen atoms in total. The van der Waals surface area contributed by atoms with Crippen LogP contribution in [-0.2, 0) is 0 Å². The number of aromatic nitrogens is 2. The minimum absolute atomic E-state index is 0.552. The molecule has 0 aliphatic carbocycles. The number of fused-ring (bicyclic) bond motifs is 10. The molecule has 0 spiro atoms. The van der Waals surface area contributed by atoms with Crippen LogP contribution in [0.25, 0.3) is 88.1 Å². The van der Waals surface area contributed by atoms with E-state index in [0.717, 1.165) is 88.1 Å². The molecule has 0 aliphatic rings. The molecular formula is C44H24N4O. The molecule has 0 unspecified atom stereocenters. The van der Waals surface area contributed by atoms with Gasteiger partial charge in [0.1, 0.15) is 17.7 Å². The molecule has 3 heterocycles. The van der Waals surface area contributed by atoms with E-state index in [1.807, 2.05) is 78.9 Å². The van der Waals surface area contributed by atoms with Crippen molar-refractivity contribution in [1.82, 2.24) is 9.13 Å². The highest BCUT2D eigenvalue weighted by Gasteiger charge is 2.21. The zero-order valence-electron chi connectivity index (χ0n) is 26.1. The van der Waals surface area contributed by atoms with Gasteiger partial charge in [-0.05, 0) is 65.7 Å². The second-order valence-corrected chi connectivity index (χ2v) is 12.3. The molecule has 0 fully saturated rings. The number of furan rings is 1. The van der Waals surface area contributed by atoms with E-state index in [-0.39, 0.29) is 0 Å². The van der Waals surface area contributed by atoms with Crippen molar-refractivity contribution in [3.63, 3.8) is 0 Å². The number of hydrogen-bond donors (Lipinski definition) is 0. The maximum absolute atomic E-state index is 10.5. The molecule has 49 heavy (non-hydrogen) atoms. The molecule has 0 bridgehead atoms. The molecule has 0 radical (unpaired) electrons. The van der Waals surface area contributed by atoms with Crippen LogP contribution in [-0.4, -0.2) is 9.13 Å². The van der Waals surface area contributed by atoms with Gasteiger partial charge in [-0.2, -0.15) is 10.5 Å². The van der Waals surface area contributed by atoms with Gasteiger partial charge in [-0.25, -0.2) is 0 Å². The molecule has 10 aromatic rings. The maximum atomic E-state index is 10.5. The van der Waals surface area contributed by atoms with Gasteiger partial charge in [0.2, 0.25) is 0 Å². The van der Waals surface area contributed by atoms with Gasteiger partial charge in [0.15, 0.2) is 5.58 Å². The van der Waals surface area contributed by atoms with Crippen LogP contribution in [0.4, 0.5) is 0 Å². The summed E-state index contributed by atoms with van der Waals surface area (Å²) in [6, 6.07) is 54.1. The predicted octanol–water partition coefficient (Wildman–Crippen LogP) is 11.2. The molecule has 3 aromatic heterocycles. The Balaban J connectivity index is 1.25. The summed E-state index contributed by atoms with van der Waals surface area (Å²) in [5.74, 6) is 0. The van der Waals surface area contributed by atoms with Crippen LogP contribution < -0.4 is 0 Å². The third-order valence-electron chi connectivity index (χ3n) is 9.81. The average molecular weight is 625 g/mol. The summed E-state index contributed by atoms with van der Waals surface area (Å²) in [6.07, 6.45) is 0. The highest BCUT2D eigenvalue weighted by molar-refractivity contribution is 6.21. The van der Waals surface area contributed by atoms with E-state index in [2.05, 4.69) is 88.0 Å². The van der Waals surface area contributed by atoms with E-state index in [1.54, 1.807) is 0 Å². The van der Waals surface area contributed by atoms with Crippen molar-refractivity contribution < 1.29 is 4.42 Å². The number of benzene rings is 7. The Labute approximate surface area is 280 Å². The summed E-state index contributed by atoms with van der Waals surface area (Å²) in [7, 11) is 0. The third kappa shape index (κ3) is 3.79. The van der Waals surface area contributed by atoms with Gasteiger partial charge in [0.05, 0.1) is 44.6 Å². The van der Waals surface area contributed by atoms with Crippen molar-refractivity contribution in [2.45, 2.75) is 0 Å². The van der Waals surface area contributed by atoms with Crippen molar-refractivity contribution in [1.29, 1.82) is 10.5 Å². The van der Waals surface area contributed by atoms with E-state index < -0.39 is 0 Å². The monoisotopic (exact) mass is 624 g/mol. The Hall–Kier alpha value is -7.08. The van der Waals surface area contributed by atoms with Crippen LogP contribution in [0.15, 0.2) is 150 Å². The molecule has 0 atom stereocenters. The van der Waals surface area contributed by atoms with Crippen LogP contribution in [0.3, 0.4) is 0 Å². The van der Waals surface area contributed by atoms with Crippen LogP contribution in [0.5, 0.6) is 0 Å². The molecule has 0 amide bonds. The maximum Gasteiger partial charge on any atom is 0.160 e. The van der Waals surface area contributed by atoms with Crippen molar-refractivity contribution >= 4 is 65.6 Å². The minimum Gasteiger partial charge on any atom is -0.454 e. The summed E-state index contributed by atoms with van der Waals surface area (Å²) < 4.78 is 10.9. The van der Waals surface area contributed by atoms with Gasteiger partial charge < -0.3 is 13.6 Å². The van der Waals surface area contributed by atoms with Crippen molar-refractivity contribution in [2.24, 2.45) is 0 Å². The quantitative estimate of drug-likeness (QED) is 0.196. The highest BCUT2D eigenvalue weighted by atomic mass is 16.3. The number of para-hydroxylation sites is 4. The summed E-state index contributed by atoms with van der Waals surface area (Å²) >= 11 is 0. The Bertz CT molecular complexity index is 3030. The van der Waals surface area contributed by atoms with Gasteiger partial charge in [0.25, 0.3) is 0 Å². The lowest BCUT2D eigenvalue weighted by Gasteiger charge is -2.15. The van der Waals surface area contributed by atoms with Crippen molar-refractivity contribution in [3.8, 4) is 34.6 Å². The number of nitrogens with zero attached hydrogens (tertiary/aromatic N) is 4. The molecule has 5 heteroatoms. The van der Waals surface area contributed by atoms with Gasteiger partial charge >= 0.3 is 0 Å². The second-order valence-electron chi connectivity index (χ2n) is 12.3. The Kier molecular flexibility index (Phi) is 5.64. The number of rotatable bonds is 3. The van der Waals surface area contributed by atoms with E-state index in [1.165, 1.54) is 0 Å². The molecule has 0 saturated heterocycles. The fourth-order valence-electron chi connectivity index (χ4n) is 7.64. The van der Waals surface area contributed by atoms with Gasteiger partial charge in [-0.1, -0.05) is 91.0 Å². The van der Waals surface area contributed by atoms with E-state index in [9.17, 15) is 10.5 Å². The summed E-state index contributed by atoms with van der Waals surface area (Å²) in [5, 5.41) is 27.3. The Morgan fingerprint density at radius 2 is 0.898 bits per heavy atom. The Morgan fingerprint density at radius 3 is 1.49 bits per heavy atom. The average Bonchev–Trinajstić information content (AvgIpc) is 3.82. The van der Waals surface area contributed by atoms with E-state index in [0.29, 0.717) is 11.1 Å². The molecule has 7 aromatic carbocycles. The first-order chi connectivity index (χ1) is 24.2. The summed E-state index contributed by atoms with van der Waals surface area (Å²) in [6.45, 7) is 0. The normalized spacial score (nSPS) is 11.6. The first kappa shape index (κ1) is 27.1. The SMILES string of the molecule is N#Cc1ccc(-c2ccc(C#N)c(-n3c4ccccc4c4ccc5c6ccccc6oc5c43)c2)cc1-n1c2ccccc2c2ccccc21. The molecule has 10 rings (SSSR count). The summed E-state index contributed by atoms with van der Waals surface area (Å²) in [5.41, 5.74) is 10.2. The van der Waals surface area contributed by atoms with Crippen molar-refractivity contribution in [2.75, 3.05) is 0 Å². The lowest BCUT2D eigenvalue weighted by molar-refractivity contribution is 0.671.